The predicted molar refractivity (Wildman–Crippen MR) is 118 cm³/mol. The number of alkyl halides is 3. The van der Waals surface area contributed by atoms with E-state index in [0.29, 0.717) is 31.9 Å². The Morgan fingerprint density at radius 3 is 2.00 bits per heavy atom. The van der Waals surface area contributed by atoms with Crippen molar-refractivity contribution in [3.63, 3.8) is 0 Å². The molecule has 0 aliphatic heterocycles. The maximum atomic E-state index is 12.7. The van der Waals surface area contributed by atoms with Gasteiger partial charge in [-0.15, -0.1) is 0 Å². The number of nitro groups is 2. The van der Waals surface area contributed by atoms with Gasteiger partial charge in [-0.25, -0.2) is 0 Å². The van der Waals surface area contributed by atoms with Gasteiger partial charge in [-0.3, -0.25) is 24.8 Å². The van der Waals surface area contributed by atoms with Crippen molar-refractivity contribution in [2.75, 3.05) is 25.1 Å². The van der Waals surface area contributed by atoms with Gasteiger partial charge in [0.25, 0.3) is 5.69 Å². The van der Waals surface area contributed by atoms with Crippen molar-refractivity contribution in [1.29, 1.82) is 0 Å². The van der Waals surface area contributed by atoms with Crippen molar-refractivity contribution < 1.29 is 41.4 Å². The van der Waals surface area contributed by atoms with Crippen LogP contribution >= 0.6 is 8.25 Å². The van der Waals surface area contributed by atoms with Gasteiger partial charge < -0.3 is 19.1 Å². The molecule has 0 aromatic heterocycles. The summed E-state index contributed by atoms with van der Waals surface area (Å²) in [5, 5.41) is 24.8. The maximum Gasteiger partial charge on any atom is 0.416 e. The Bertz CT molecular complexity index is 1010. The van der Waals surface area contributed by atoms with Crippen LogP contribution in [0.25, 0.3) is 0 Å². The number of ether oxygens (including phenoxy) is 1. The van der Waals surface area contributed by atoms with Gasteiger partial charge in [0.15, 0.2) is 0 Å². The molecule has 34 heavy (non-hydrogen) atoms. The molecular weight excluding hydrogens is 486 g/mol. The number of nitrogens with zero attached hydrogens (tertiary/aromatic N) is 2. The van der Waals surface area contributed by atoms with Crippen LogP contribution < -0.4 is 10.1 Å². The monoisotopic (exact) mass is 509 g/mol. The van der Waals surface area contributed by atoms with Crippen LogP contribution in [0.5, 0.6) is 11.5 Å². The number of benzene rings is 2. The molecule has 0 radical (unpaired) electrons. The second kappa shape index (κ2) is 13.5. The molecule has 0 saturated heterocycles. The van der Waals surface area contributed by atoms with Crippen molar-refractivity contribution in [2.24, 2.45) is 0 Å². The van der Waals surface area contributed by atoms with Crippen LogP contribution in [-0.4, -0.2) is 29.6 Å². The third kappa shape index (κ3) is 8.96. The molecule has 0 spiro atoms. The molecule has 0 aliphatic carbocycles. The largest absolute Gasteiger partial charge is 0.450 e. The van der Waals surface area contributed by atoms with E-state index in [2.05, 4.69) is 14.4 Å². The standard InChI is InChI=1S/C15H12F3N3O5.C4H11O3P/c1-2-19-11-8-10(4-5-12(11)20(22)23)26-14-6-3-9(15(16,17)18)7-13(14)21(24)25;1-3-6-8(5)7-4-2/h3-8,19H,2H2,1H3;8H,3-4H2,1-2H3. The zero-order valence-corrected chi connectivity index (χ0v) is 19.4. The van der Waals surface area contributed by atoms with E-state index in [-0.39, 0.29) is 17.1 Å². The number of anilines is 1. The molecule has 2 aromatic rings. The number of hydrogen-bond acceptors (Lipinski definition) is 9. The molecule has 11 nitrogen and oxygen atoms in total. The topological polar surface area (TPSA) is 143 Å². The first kappa shape index (κ1) is 28.8. The SMILES string of the molecule is CCNc1cc(Oc2ccc(C(F)(F)F)cc2[N+](=O)[O-])ccc1[N+](=O)[O-].CCO[PH](=O)OCC. The summed E-state index contributed by atoms with van der Waals surface area (Å²) in [5.74, 6) is -0.422. The lowest BCUT2D eigenvalue weighted by atomic mass is 10.2. The molecule has 2 aromatic carbocycles. The number of hydrogen-bond donors (Lipinski definition) is 1. The van der Waals surface area contributed by atoms with E-state index in [4.69, 9.17) is 4.74 Å². The van der Waals surface area contributed by atoms with Gasteiger partial charge in [-0.2, -0.15) is 13.2 Å². The molecule has 0 bridgehead atoms. The van der Waals surface area contributed by atoms with Gasteiger partial charge >= 0.3 is 20.1 Å². The summed E-state index contributed by atoms with van der Waals surface area (Å²) in [7, 11) is -2.14. The lowest BCUT2D eigenvalue weighted by molar-refractivity contribution is -0.385. The Morgan fingerprint density at radius 1 is 0.941 bits per heavy atom. The molecule has 0 fully saturated rings. The van der Waals surface area contributed by atoms with E-state index in [9.17, 15) is 38.0 Å². The predicted octanol–water partition coefficient (Wildman–Crippen LogP) is 6.20. The van der Waals surface area contributed by atoms with Gasteiger partial charge in [0.1, 0.15) is 11.4 Å². The molecule has 188 valence electrons. The smallest absolute Gasteiger partial charge is 0.416 e. The van der Waals surface area contributed by atoms with Crippen LogP contribution in [0.4, 0.5) is 30.2 Å². The average molecular weight is 509 g/mol. The first-order valence-corrected chi connectivity index (χ1v) is 11.0. The minimum absolute atomic E-state index is 0.00518. The van der Waals surface area contributed by atoms with Crippen LogP contribution in [-0.2, 0) is 19.8 Å². The minimum Gasteiger partial charge on any atom is -0.450 e. The van der Waals surface area contributed by atoms with Gasteiger partial charge in [0, 0.05) is 24.7 Å². The molecule has 0 unspecified atom stereocenters. The summed E-state index contributed by atoms with van der Waals surface area (Å²) >= 11 is 0. The minimum atomic E-state index is -4.74. The summed E-state index contributed by atoms with van der Waals surface area (Å²) in [4.78, 5) is 20.4. The fraction of sp³-hybridized carbons (Fsp3) is 0.368. The highest BCUT2D eigenvalue weighted by molar-refractivity contribution is 7.33. The normalized spacial score (nSPS) is 10.9. The third-order valence-corrected chi connectivity index (χ3v) is 4.82. The molecule has 0 amide bonds. The zero-order chi connectivity index (χ0) is 25.9. The highest BCUT2D eigenvalue weighted by Crippen LogP contribution is 2.39. The lowest BCUT2D eigenvalue weighted by Crippen LogP contribution is -2.06. The van der Waals surface area contributed by atoms with E-state index in [1.807, 2.05) is 0 Å². The van der Waals surface area contributed by atoms with Crippen LogP contribution in [0.1, 0.15) is 26.3 Å². The second-order valence-corrected chi connectivity index (χ2v) is 7.20. The Kier molecular flexibility index (Phi) is 11.4. The van der Waals surface area contributed by atoms with Gasteiger partial charge in [-0.1, -0.05) is 0 Å². The van der Waals surface area contributed by atoms with E-state index in [0.717, 1.165) is 12.1 Å². The Labute approximate surface area is 193 Å². The summed E-state index contributed by atoms with van der Waals surface area (Å²) in [5.41, 5.74) is -2.18. The molecule has 0 heterocycles. The molecular formula is C19H23F3N3O8P. The zero-order valence-electron chi connectivity index (χ0n) is 18.4. The van der Waals surface area contributed by atoms with E-state index < -0.39 is 41.3 Å². The quantitative estimate of drug-likeness (QED) is 0.225. The first-order chi connectivity index (χ1) is 15.9. The van der Waals surface area contributed by atoms with E-state index in [1.165, 1.54) is 12.1 Å². The van der Waals surface area contributed by atoms with Gasteiger partial charge in [0.2, 0.25) is 5.75 Å². The summed E-state index contributed by atoms with van der Waals surface area (Å²) < 4.78 is 63.0. The van der Waals surface area contributed by atoms with Crippen molar-refractivity contribution in [3.05, 3.63) is 62.2 Å². The summed E-state index contributed by atoms with van der Waals surface area (Å²) in [6, 6.07) is 5.41. The van der Waals surface area contributed by atoms with Gasteiger partial charge in [0.05, 0.1) is 28.6 Å². The highest BCUT2D eigenvalue weighted by Gasteiger charge is 2.33. The molecule has 1 N–H and O–H groups in total. The fourth-order valence-corrected chi connectivity index (χ4v) is 2.95. The molecule has 15 heteroatoms. The van der Waals surface area contributed by atoms with Crippen molar-refractivity contribution >= 4 is 25.3 Å². The maximum absolute atomic E-state index is 12.7. The van der Waals surface area contributed by atoms with E-state index in [1.54, 1.807) is 20.8 Å². The van der Waals surface area contributed by atoms with Crippen molar-refractivity contribution in [3.8, 4) is 11.5 Å². The van der Waals surface area contributed by atoms with E-state index >= 15 is 0 Å². The van der Waals surface area contributed by atoms with Crippen LogP contribution in [0.3, 0.4) is 0 Å². The molecule has 0 saturated carbocycles. The summed E-state index contributed by atoms with van der Waals surface area (Å²) in [6.45, 7) is 6.54. The molecule has 0 aliphatic rings. The second-order valence-electron chi connectivity index (χ2n) is 6.12. The highest BCUT2D eigenvalue weighted by atomic mass is 31.1. The first-order valence-electron chi connectivity index (χ1n) is 9.79. The van der Waals surface area contributed by atoms with Crippen LogP contribution in [0.2, 0.25) is 0 Å². The fourth-order valence-electron chi connectivity index (χ4n) is 2.40. The van der Waals surface area contributed by atoms with Crippen molar-refractivity contribution in [2.45, 2.75) is 26.9 Å². The third-order valence-electron chi connectivity index (χ3n) is 3.77. The number of halogens is 3. The Hall–Kier alpha value is -3.22. The molecule has 0 atom stereocenters. The Balaban J connectivity index is 0.000000620. The summed E-state index contributed by atoms with van der Waals surface area (Å²) in [6.07, 6.45) is -4.74. The van der Waals surface area contributed by atoms with Gasteiger partial charge in [-0.05, 0) is 39.0 Å². The Morgan fingerprint density at radius 2 is 1.53 bits per heavy atom. The molecule has 2 rings (SSSR count). The number of nitrogens with one attached hydrogen (secondary N) is 1. The van der Waals surface area contributed by atoms with Crippen molar-refractivity contribution in [1.82, 2.24) is 0 Å². The van der Waals surface area contributed by atoms with Crippen LogP contribution in [0.15, 0.2) is 36.4 Å². The van der Waals surface area contributed by atoms with Crippen LogP contribution in [0, 0.1) is 20.2 Å². The lowest BCUT2D eigenvalue weighted by Gasteiger charge is -2.11. The average Bonchev–Trinajstić information content (AvgIpc) is 2.74. The number of rotatable bonds is 10. The number of nitro benzene ring substituents is 2.